The highest BCUT2D eigenvalue weighted by Gasteiger charge is 2.50. The summed E-state index contributed by atoms with van der Waals surface area (Å²) in [6.45, 7) is 0.902. The first kappa shape index (κ1) is 12.2. The molecule has 0 radical (unpaired) electrons. The third-order valence-electron chi connectivity index (χ3n) is 4.01. The Labute approximate surface area is 110 Å². The fourth-order valence-corrected chi connectivity index (χ4v) is 2.89. The van der Waals surface area contributed by atoms with Crippen molar-refractivity contribution in [3.05, 3.63) is 35.4 Å². The topological polar surface area (TPSA) is 66.8 Å². The first-order valence-corrected chi connectivity index (χ1v) is 6.36. The molecule has 1 atom stereocenters. The standard InChI is InChI=1S/C14H15NO4/c16-12-11-4-2-1-3-10(11)5-7-15(12)14(13(17)18)6-8-19-9-14/h1-4H,5-9H2,(H,17,18). The lowest BCUT2D eigenvalue weighted by Gasteiger charge is -2.39. The highest BCUT2D eigenvalue weighted by molar-refractivity contribution is 6.00. The predicted octanol–water partition coefficient (Wildman–Crippen LogP) is 0.929. The van der Waals surface area contributed by atoms with E-state index in [4.69, 9.17) is 4.74 Å². The molecule has 19 heavy (non-hydrogen) atoms. The van der Waals surface area contributed by atoms with E-state index in [9.17, 15) is 14.7 Å². The van der Waals surface area contributed by atoms with Gasteiger partial charge >= 0.3 is 5.97 Å². The van der Waals surface area contributed by atoms with E-state index in [2.05, 4.69) is 0 Å². The zero-order chi connectivity index (χ0) is 13.5. The summed E-state index contributed by atoms with van der Waals surface area (Å²) in [4.78, 5) is 25.6. The summed E-state index contributed by atoms with van der Waals surface area (Å²) in [6, 6.07) is 7.38. The Balaban J connectivity index is 1.99. The minimum Gasteiger partial charge on any atom is -0.479 e. The van der Waals surface area contributed by atoms with Crippen molar-refractivity contribution < 1.29 is 19.4 Å². The molecule has 5 heteroatoms. The maximum Gasteiger partial charge on any atom is 0.332 e. The van der Waals surface area contributed by atoms with Crippen LogP contribution in [0.3, 0.4) is 0 Å². The van der Waals surface area contributed by atoms with Crippen LogP contribution in [0.5, 0.6) is 0 Å². The summed E-state index contributed by atoms with van der Waals surface area (Å²) >= 11 is 0. The molecule has 0 aromatic heterocycles. The van der Waals surface area contributed by atoms with Crippen molar-refractivity contribution in [2.45, 2.75) is 18.4 Å². The monoisotopic (exact) mass is 261 g/mol. The van der Waals surface area contributed by atoms with E-state index in [0.29, 0.717) is 31.6 Å². The average Bonchev–Trinajstić information content (AvgIpc) is 2.90. The van der Waals surface area contributed by atoms with E-state index in [1.807, 2.05) is 12.1 Å². The van der Waals surface area contributed by atoms with Gasteiger partial charge < -0.3 is 14.7 Å². The Bertz CT molecular complexity index is 534. The lowest BCUT2D eigenvalue weighted by atomic mass is 9.90. The molecule has 1 amide bonds. The van der Waals surface area contributed by atoms with E-state index in [1.165, 1.54) is 4.90 Å². The van der Waals surface area contributed by atoms with Gasteiger partial charge in [0.25, 0.3) is 5.91 Å². The van der Waals surface area contributed by atoms with Gasteiger partial charge in [-0.3, -0.25) is 4.79 Å². The van der Waals surface area contributed by atoms with E-state index in [1.54, 1.807) is 12.1 Å². The van der Waals surface area contributed by atoms with E-state index in [0.717, 1.165) is 5.56 Å². The molecular weight excluding hydrogens is 246 g/mol. The molecule has 0 aliphatic carbocycles. The Morgan fingerprint density at radius 3 is 2.84 bits per heavy atom. The second-order valence-electron chi connectivity index (χ2n) is 5.00. The molecule has 100 valence electrons. The zero-order valence-electron chi connectivity index (χ0n) is 10.5. The van der Waals surface area contributed by atoms with Gasteiger partial charge in [-0.2, -0.15) is 0 Å². The van der Waals surface area contributed by atoms with Crippen LogP contribution in [0.2, 0.25) is 0 Å². The van der Waals surface area contributed by atoms with Crippen LogP contribution >= 0.6 is 0 Å². The van der Waals surface area contributed by atoms with Crippen molar-refractivity contribution in [2.24, 2.45) is 0 Å². The molecule has 0 bridgehead atoms. The number of amides is 1. The number of carbonyl (C=O) groups excluding carboxylic acids is 1. The molecule has 5 nitrogen and oxygen atoms in total. The van der Waals surface area contributed by atoms with Gasteiger partial charge in [-0.15, -0.1) is 0 Å². The fraction of sp³-hybridized carbons (Fsp3) is 0.429. The third kappa shape index (κ3) is 1.73. The molecule has 1 saturated heterocycles. The number of aliphatic carboxylic acids is 1. The highest BCUT2D eigenvalue weighted by Crippen LogP contribution is 2.31. The summed E-state index contributed by atoms with van der Waals surface area (Å²) in [7, 11) is 0. The number of hydrogen-bond acceptors (Lipinski definition) is 3. The molecule has 1 aromatic rings. The van der Waals surface area contributed by atoms with Gasteiger partial charge in [-0.1, -0.05) is 18.2 Å². The lowest BCUT2D eigenvalue weighted by Crippen LogP contribution is -2.59. The predicted molar refractivity (Wildman–Crippen MR) is 67.0 cm³/mol. The van der Waals surface area contributed by atoms with Crippen LogP contribution in [0.25, 0.3) is 0 Å². The Morgan fingerprint density at radius 1 is 1.37 bits per heavy atom. The van der Waals surface area contributed by atoms with Crippen molar-refractivity contribution in [3.8, 4) is 0 Å². The smallest absolute Gasteiger partial charge is 0.332 e. The van der Waals surface area contributed by atoms with Crippen molar-refractivity contribution in [2.75, 3.05) is 19.8 Å². The molecule has 1 aromatic carbocycles. The van der Waals surface area contributed by atoms with Crippen molar-refractivity contribution in [1.29, 1.82) is 0 Å². The summed E-state index contributed by atoms with van der Waals surface area (Å²) < 4.78 is 5.24. The van der Waals surface area contributed by atoms with Crippen LogP contribution in [-0.4, -0.2) is 47.2 Å². The zero-order valence-corrected chi connectivity index (χ0v) is 10.5. The van der Waals surface area contributed by atoms with Gasteiger partial charge in [0.05, 0.1) is 6.61 Å². The summed E-state index contributed by atoms with van der Waals surface area (Å²) in [5.41, 5.74) is 0.412. The largest absolute Gasteiger partial charge is 0.479 e. The maximum atomic E-state index is 12.5. The number of carbonyl (C=O) groups is 2. The molecule has 3 rings (SSSR count). The Hall–Kier alpha value is -1.88. The number of carboxylic acids is 1. The van der Waals surface area contributed by atoms with E-state index in [-0.39, 0.29) is 12.5 Å². The lowest BCUT2D eigenvalue weighted by molar-refractivity contribution is -0.150. The number of carboxylic acid groups (broad SMARTS) is 1. The number of hydrogen-bond donors (Lipinski definition) is 1. The van der Waals surface area contributed by atoms with Gasteiger partial charge in [0.15, 0.2) is 5.54 Å². The first-order valence-electron chi connectivity index (χ1n) is 6.36. The molecular formula is C14H15NO4. The Kier molecular flexibility index (Phi) is 2.78. The Morgan fingerprint density at radius 2 is 2.16 bits per heavy atom. The molecule has 2 heterocycles. The quantitative estimate of drug-likeness (QED) is 0.860. The van der Waals surface area contributed by atoms with Crippen molar-refractivity contribution >= 4 is 11.9 Å². The molecule has 1 unspecified atom stereocenters. The van der Waals surface area contributed by atoms with Gasteiger partial charge in [0.2, 0.25) is 0 Å². The average molecular weight is 261 g/mol. The summed E-state index contributed by atoms with van der Waals surface area (Å²) in [6.07, 6.45) is 1.05. The second-order valence-corrected chi connectivity index (χ2v) is 5.00. The van der Waals surface area contributed by atoms with Crippen LogP contribution < -0.4 is 0 Å². The summed E-state index contributed by atoms with van der Waals surface area (Å²) in [5, 5.41) is 9.51. The van der Waals surface area contributed by atoms with Crippen molar-refractivity contribution in [3.63, 3.8) is 0 Å². The SMILES string of the molecule is O=C1c2ccccc2CCN1C1(C(=O)O)CCOC1. The molecule has 0 spiro atoms. The van der Waals surface area contributed by atoms with Crippen molar-refractivity contribution in [1.82, 2.24) is 4.90 Å². The van der Waals surface area contributed by atoms with E-state index >= 15 is 0 Å². The molecule has 1 N–H and O–H groups in total. The second kappa shape index (κ2) is 4.35. The fourth-order valence-electron chi connectivity index (χ4n) is 2.89. The first-order chi connectivity index (χ1) is 9.15. The number of ether oxygens (including phenoxy) is 1. The molecule has 2 aliphatic heterocycles. The molecule has 0 saturated carbocycles. The van der Waals surface area contributed by atoms with Gasteiger partial charge in [0, 0.05) is 25.1 Å². The molecule has 1 fully saturated rings. The van der Waals surface area contributed by atoms with Crippen LogP contribution in [0.15, 0.2) is 24.3 Å². The normalized spacial score (nSPS) is 26.3. The van der Waals surface area contributed by atoms with Gasteiger partial charge in [-0.05, 0) is 18.1 Å². The van der Waals surface area contributed by atoms with Crippen LogP contribution in [0.1, 0.15) is 22.3 Å². The number of fused-ring (bicyclic) bond motifs is 1. The van der Waals surface area contributed by atoms with Gasteiger partial charge in [0.1, 0.15) is 0 Å². The highest BCUT2D eigenvalue weighted by atomic mass is 16.5. The van der Waals surface area contributed by atoms with Crippen LogP contribution in [-0.2, 0) is 16.0 Å². The molecule has 2 aliphatic rings. The minimum atomic E-state index is -1.19. The van der Waals surface area contributed by atoms with Crippen LogP contribution in [0.4, 0.5) is 0 Å². The minimum absolute atomic E-state index is 0.0796. The number of benzene rings is 1. The van der Waals surface area contributed by atoms with Crippen LogP contribution in [0, 0.1) is 0 Å². The summed E-state index contributed by atoms with van der Waals surface area (Å²) in [5.74, 6) is -1.17. The number of rotatable bonds is 2. The van der Waals surface area contributed by atoms with Gasteiger partial charge in [-0.25, -0.2) is 4.79 Å². The number of nitrogens with zero attached hydrogens (tertiary/aromatic N) is 1. The van der Waals surface area contributed by atoms with E-state index < -0.39 is 11.5 Å². The maximum absolute atomic E-state index is 12.5. The third-order valence-corrected chi connectivity index (χ3v) is 4.01.